The van der Waals surface area contributed by atoms with Crippen LogP contribution in [0.4, 0.5) is 5.69 Å². The third-order valence-corrected chi connectivity index (χ3v) is 4.86. The molecule has 0 bridgehead atoms. The maximum atomic E-state index is 12.0. The molecule has 3 rings (SSSR count). The van der Waals surface area contributed by atoms with E-state index in [1.807, 2.05) is 36.4 Å². The number of nitrogens with one attached hydrogen (secondary N) is 2. The first-order valence-corrected chi connectivity index (χ1v) is 9.41. The van der Waals surface area contributed by atoms with Gasteiger partial charge in [-0.25, -0.2) is 4.98 Å². The van der Waals surface area contributed by atoms with Gasteiger partial charge in [0.15, 0.2) is 5.82 Å². The zero-order chi connectivity index (χ0) is 16.9. The van der Waals surface area contributed by atoms with E-state index in [0.29, 0.717) is 16.0 Å². The summed E-state index contributed by atoms with van der Waals surface area (Å²) in [6, 6.07) is 14.9. The van der Waals surface area contributed by atoms with Crippen LogP contribution in [-0.2, 0) is 4.79 Å². The molecule has 2 aromatic carbocycles. The van der Waals surface area contributed by atoms with Crippen molar-refractivity contribution in [3.05, 3.63) is 57.1 Å². The number of carbonyl (C=O) groups is 1. The van der Waals surface area contributed by atoms with Crippen LogP contribution in [0.25, 0.3) is 11.4 Å². The summed E-state index contributed by atoms with van der Waals surface area (Å²) >= 11 is 9.36. The average molecular weight is 471 g/mol. The zero-order valence-electron chi connectivity index (χ0n) is 12.3. The van der Waals surface area contributed by atoms with Crippen LogP contribution in [0.5, 0.6) is 0 Å². The Labute approximate surface area is 161 Å². The lowest BCUT2D eigenvalue weighted by molar-refractivity contribution is -0.113. The van der Waals surface area contributed by atoms with E-state index < -0.39 is 0 Å². The molecule has 8 heteroatoms. The Bertz CT molecular complexity index is 836. The lowest BCUT2D eigenvalue weighted by atomic mass is 10.2. The van der Waals surface area contributed by atoms with Gasteiger partial charge in [0.2, 0.25) is 11.1 Å². The van der Waals surface area contributed by atoms with E-state index in [1.54, 1.807) is 12.1 Å². The topological polar surface area (TPSA) is 70.7 Å². The highest BCUT2D eigenvalue weighted by atomic mass is 127. The number of nitrogens with zero attached hydrogens (tertiary/aromatic N) is 2. The Hall–Kier alpha value is -1.58. The molecule has 2 N–H and O–H groups in total. The van der Waals surface area contributed by atoms with Crippen LogP contribution in [0, 0.1) is 3.57 Å². The van der Waals surface area contributed by atoms with Gasteiger partial charge in [-0.3, -0.25) is 9.89 Å². The van der Waals surface area contributed by atoms with Gasteiger partial charge in [0.25, 0.3) is 0 Å². The van der Waals surface area contributed by atoms with Crippen molar-refractivity contribution in [1.29, 1.82) is 0 Å². The van der Waals surface area contributed by atoms with E-state index >= 15 is 0 Å². The number of carbonyl (C=O) groups excluding carboxylic acids is 1. The SMILES string of the molecule is O=C(CSc1n[nH]c(-c2ccc(Cl)cc2)n1)Nc1ccc(I)cc1. The highest BCUT2D eigenvalue weighted by Crippen LogP contribution is 2.21. The number of aromatic nitrogens is 3. The first-order chi connectivity index (χ1) is 11.6. The molecule has 0 aliphatic carbocycles. The molecule has 0 atom stereocenters. The van der Waals surface area contributed by atoms with Crippen LogP contribution in [0.15, 0.2) is 53.7 Å². The summed E-state index contributed by atoms with van der Waals surface area (Å²) < 4.78 is 1.12. The number of H-pyrrole nitrogens is 1. The van der Waals surface area contributed by atoms with E-state index in [9.17, 15) is 4.79 Å². The van der Waals surface area contributed by atoms with Crippen LogP contribution in [0.3, 0.4) is 0 Å². The zero-order valence-corrected chi connectivity index (χ0v) is 16.0. The van der Waals surface area contributed by atoms with Crippen molar-refractivity contribution in [3.63, 3.8) is 0 Å². The Morgan fingerprint density at radius 1 is 1.17 bits per heavy atom. The molecule has 0 saturated carbocycles. The fraction of sp³-hybridized carbons (Fsp3) is 0.0625. The second kappa shape index (κ2) is 8.00. The quantitative estimate of drug-likeness (QED) is 0.427. The molecular formula is C16H12ClIN4OS. The van der Waals surface area contributed by atoms with E-state index in [1.165, 1.54) is 11.8 Å². The number of benzene rings is 2. The highest BCUT2D eigenvalue weighted by molar-refractivity contribution is 14.1. The minimum Gasteiger partial charge on any atom is -0.325 e. The average Bonchev–Trinajstić information content (AvgIpc) is 3.05. The maximum Gasteiger partial charge on any atom is 0.234 e. The minimum atomic E-state index is -0.0981. The largest absolute Gasteiger partial charge is 0.325 e. The second-order valence-electron chi connectivity index (χ2n) is 4.82. The minimum absolute atomic E-state index is 0.0981. The van der Waals surface area contributed by atoms with Gasteiger partial charge in [0.1, 0.15) is 0 Å². The Balaban J connectivity index is 1.56. The summed E-state index contributed by atoms with van der Waals surface area (Å²) in [6.45, 7) is 0. The summed E-state index contributed by atoms with van der Waals surface area (Å²) in [5.74, 6) is 0.787. The summed E-state index contributed by atoms with van der Waals surface area (Å²) in [4.78, 5) is 16.3. The summed E-state index contributed by atoms with van der Waals surface area (Å²) in [7, 11) is 0. The summed E-state index contributed by atoms with van der Waals surface area (Å²) in [5, 5.41) is 11.0. The molecule has 1 heterocycles. The highest BCUT2D eigenvalue weighted by Gasteiger charge is 2.09. The van der Waals surface area contributed by atoms with Gasteiger partial charge in [-0.05, 0) is 71.1 Å². The van der Waals surface area contributed by atoms with Gasteiger partial charge in [0, 0.05) is 19.8 Å². The van der Waals surface area contributed by atoms with Gasteiger partial charge >= 0.3 is 0 Å². The smallest absolute Gasteiger partial charge is 0.234 e. The van der Waals surface area contributed by atoms with Crippen molar-refractivity contribution in [2.24, 2.45) is 0 Å². The van der Waals surface area contributed by atoms with Crippen LogP contribution >= 0.6 is 46.0 Å². The molecule has 0 aliphatic rings. The number of amides is 1. The Morgan fingerprint density at radius 3 is 2.58 bits per heavy atom. The molecular weight excluding hydrogens is 459 g/mol. The molecule has 0 unspecified atom stereocenters. The number of aromatic amines is 1. The van der Waals surface area contributed by atoms with E-state index in [2.05, 4.69) is 43.1 Å². The molecule has 0 radical (unpaired) electrons. The number of hydrogen-bond acceptors (Lipinski definition) is 4. The molecule has 5 nitrogen and oxygen atoms in total. The van der Waals surface area contributed by atoms with Gasteiger partial charge in [0.05, 0.1) is 5.75 Å². The fourth-order valence-corrected chi connectivity index (χ4v) is 2.99. The van der Waals surface area contributed by atoms with Crippen LogP contribution in [0.1, 0.15) is 0 Å². The molecule has 1 aromatic heterocycles. The van der Waals surface area contributed by atoms with E-state index in [-0.39, 0.29) is 11.7 Å². The van der Waals surface area contributed by atoms with Crippen LogP contribution < -0.4 is 5.32 Å². The van der Waals surface area contributed by atoms with Gasteiger partial charge in [-0.15, -0.1) is 5.10 Å². The van der Waals surface area contributed by atoms with Gasteiger partial charge in [-0.1, -0.05) is 23.4 Å². The van der Waals surface area contributed by atoms with Crippen LogP contribution in [-0.4, -0.2) is 26.8 Å². The van der Waals surface area contributed by atoms with Crippen molar-refractivity contribution in [2.75, 3.05) is 11.1 Å². The van der Waals surface area contributed by atoms with Crippen molar-refractivity contribution < 1.29 is 4.79 Å². The molecule has 0 saturated heterocycles. The summed E-state index contributed by atoms with van der Waals surface area (Å²) in [6.07, 6.45) is 0. The predicted octanol–water partition coefficient (Wildman–Crippen LogP) is 4.46. The molecule has 3 aromatic rings. The molecule has 0 spiro atoms. The van der Waals surface area contributed by atoms with Crippen molar-refractivity contribution in [1.82, 2.24) is 15.2 Å². The Morgan fingerprint density at radius 2 is 1.88 bits per heavy atom. The van der Waals surface area contributed by atoms with Crippen molar-refractivity contribution in [3.8, 4) is 11.4 Å². The third-order valence-electron chi connectivity index (χ3n) is 3.04. The van der Waals surface area contributed by atoms with Crippen molar-refractivity contribution in [2.45, 2.75) is 5.16 Å². The molecule has 0 fully saturated rings. The van der Waals surface area contributed by atoms with E-state index in [0.717, 1.165) is 14.8 Å². The van der Waals surface area contributed by atoms with Crippen molar-refractivity contribution >= 4 is 57.5 Å². The molecule has 122 valence electrons. The molecule has 24 heavy (non-hydrogen) atoms. The normalized spacial score (nSPS) is 10.6. The number of hydrogen-bond donors (Lipinski definition) is 2. The maximum absolute atomic E-state index is 12.0. The van der Waals surface area contributed by atoms with Gasteiger partial charge in [-0.2, -0.15) is 0 Å². The fourth-order valence-electron chi connectivity index (χ4n) is 1.91. The first kappa shape index (κ1) is 17.2. The molecule has 1 amide bonds. The lowest BCUT2D eigenvalue weighted by Gasteiger charge is -2.03. The van der Waals surface area contributed by atoms with Crippen LogP contribution in [0.2, 0.25) is 5.02 Å². The predicted molar refractivity (Wildman–Crippen MR) is 105 cm³/mol. The third kappa shape index (κ3) is 4.71. The van der Waals surface area contributed by atoms with Gasteiger partial charge < -0.3 is 5.32 Å². The monoisotopic (exact) mass is 470 g/mol. The second-order valence-corrected chi connectivity index (χ2v) is 7.44. The Kier molecular flexibility index (Phi) is 5.75. The lowest BCUT2D eigenvalue weighted by Crippen LogP contribution is -2.14. The van der Waals surface area contributed by atoms with E-state index in [4.69, 9.17) is 11.6 Å². The number of rotatable bonds is 5. The number of thioether (sulfide) groups is 1. The standard InChI is InChI=1S/C16H12ClIN4OS/c17-11-3-1-10(2-4-11)15-20-16(22-21-15)24-9-14(23)19-13-7-5-12(18)6-8-13/h1-8H,9H2,(H,19,23)(H,20,21,22). The number of halogens is 2. The first-order valence-electron chi connectivity index (χ1n) is 6.97. The number of anilines is 1. The summed E-state index contributed by atoms with van der Waals surface area (Å²) in [5.41, 5.74) is 1.67. The molecule has 0 aliphatic heterocycles.